The number of aryl methyl sites for hydroxylation is 2. The van der Waals surface area contributed by atoms with Gasteiger partial charge in [0.15, 0.2) is 14.6 Å². The fourth-order valence-electron chi connectivity index (χ4n) is 3.05. The third-order valence-corrected chi connectivity index (χ3v) is 7.41. The van der Waals surface area contributed by atoms with Crippen molar-refractivity contribution in [2.24, 2.45) is 0 Å². The second-order valence-electron chi connectivity index (χ2n) is 7.81. The lowest BCUT2D eigenvalue weighted by Crippen LogP contribution is -2.49. The summed E-state index contributed by atoms with van der Waals surface area (Å²) in [6.45, 7) is 3.06. The van der Waals surface area contributed by atoms with E-state index >= 15 is 0 Å². The van der Waals surface area contributed by atoms with Gasteiger partial charge < -0.3 is 9.30 Å². The maximum absolute atomic E-state index is 12.6. The van der Waals surface area contributed by atoms with Gasteiger partial charge >= 0.3 is 6.01 Å². The lowest BCUT2D eigenvalue weighted by molar-refractivity contribution is -0.131. The third kappa shape index (κ3) is 5.44. The maximum atomic E-state index is 12.6. The molecule has 0 saturated heterocycles. The van der Waals surface area contributed by atoms with Gasteiger partial charge in [-0.3, -0.25) is 14.8 Å². The number of hydrogen-bond donors (Lipinski definition) is 2. The number of carbonyl (C=O) groups is 1. The number of pyridine rings is 1. The van der Waals surface area contributed by atoms with E-state index in [0.717, 1.165) is 17.4 Å². The summed E-state index contributed by atoms with van der Waals surface area (Å²) in [5.74, 6) is -0.508. The van der Waals surface area contributed by atoms with Crippen LogP contribution in [0.25, 0.3) is 11.1 Å². The number of sulfone groups is 1. The van der Waals surface area contributed by atoms with Crippen molar-refractivity contribution in [2.45, 2.75) is 31.6 Å². The Balaban J connectivity index is 1.74. The highest BCUT2D eigenvalue weighted by Crippen LogP contribution is 2.25. The molecule has 1 amide bonds. The molecule has 3 rings (SSSR count). The minimum Gasteiger partial charge on any atom is -0.424 e. The molecule has 0 fully saturated rings. The molecule has 1 aromatic carbocycles. The number of nitrogens with one attached hydrogen (secondary N) is 1. The number of hydrogen-bond acceptors (Lipinski definition) is 8. The molecule has 0 aliphatic rings. The molecule has 10 nitrogen and oxygen atoms in total. The first kappa shape index (κ1) is 24.1. The van der Waals surface area contributed by atoms with Gasteiger partial charge in [-0.05, 0) is 55.2 Å². The zero-order valence-corrected chi connectivity index (χ0v) is 19.2. The number of aromatic nitrogens is 3. The Bertz CT molecular complexity index is 1300. The number of rotatable bonds is 8. The molecule has 174 valence electrons. The van der Waals surface area contributed by atoms with Crippen molar-refractivity contribution in [1.29, 1.82) is 0 Å². The Hall–Kier alpha value is -3.57. The van der Waals surface area contributed by atoms with E-state index in [1.807, 2.05) is 6.92 Å². The van der Waals surface area contributed by atoms with Gasteiger partial charge in [-0.25, -0.2) is 23.9 Å². The van der Waals surface area contributed by atoms with Crippen LogP contribution < -0.4 is 15.8 Å². The molecule has 1 atom stereocenters. The van der Waals surface area contributed by atoms with Crippen LogP contribution in [-0.2, 0) is 21.2 Å². The second kappa shape index (κ2) is 9.51. The minimum atomic E-state index is -3.85. The van der Waals surface area contributed by atoms with Crippen molar-refractivity contribution in [2.75, 3.05) is 6.26 Å². The maximum Gasteiger partial charge on any atom is 0.321 e. The number of ether oxygens (including phenoxy) is 1. The van der Waals surface area contributed by atoms with E-state index in [2.05, 4.69) is 9.97 Å². The van der Waals surface area contributed by atoms with E-state index in [-0.39, 0.29) is 24.5 Å². The molecule has 2 heterocycles. The van der Waals surface area contributed by atoms with Crippen LogP contribution in [0.1, 0.15) is 18.9 Å². The normalized spacial score (nSPS) is 13.2. The molecule has 0 unspecified atom stereocenters. The Morgan fingerprint density at radius 2 is 1.79 bits per heavy atom. The standard InChI is InChI=1S/C22H24N4O6S/c1-15-13-23-21(24-14-15)32-18-6-4-16(5-7-18)17-8-10-26(19(27)12-17)11-9-22(2,20(28)25-29)33(3,30)31/h4-8,10,12-14,29H,9,11H2,1-3H3,(H,25,28)/t22-/m1/s1. The Labute approximate surface area is 190 Å². The Morgan fingerprint density at radius 3 is 2.33 bits per heavy atom. The van der Waals surface area contributed by atoms with Gasteiger partial charge in [-0.1, -0.05) is 12.1 Å². The number of amides is 1. The van der Waals surface area contributed by atoms with Crippen LogP contribution in [-0.4, -0.2) is 45.1 Å². The van der Waals surface area contributed by atoms with Crippen LogP contribution in [0.2, 0.25) is 0 Å². The summed E-state index contributed by atoms with van der Waals surface area (Å²) >= 11 is 0. The lowest BCUT2D eigenvalue weighted by Gasteiger charge is -2.25. The average molecular weight is 473 g/mol. The number of nitrogens with zero attached hydrogens (tertiary/aromatic N) is 3. The quantitative estimate of drug-likeness (QED) is 0.375. The van der Waals surface area contributed by atoms with Crippen LogP contribution >= 0.6 is 0 Å². The first-order valence-corrected chi connectivity index (χ1v) is 11.8. The molecule has 0 aliphatic carbocycles. The monoisotopic (exact) mass is 472 g/mol. The summed E-state index contributed by atoms with van der Waals surface area (Å²) in [6, 6.07) is 10.4. The van der Waals surface area contributed by atoms with Crippen molar-refractivity contribution in [1.82, 2.24) is 20.0 Å². The van der Waals surface area contributed by atoms with Crippen molar-refractivity contribution < 1.29 is 23.2 Å². The highest BCUT2D eigenvalue weighted by molar-refractivity contribution is 7.92. The predicted molar refractivity (Wildman–Crippen MR) is 121 cm³/mol. The van der Waals surface area contributed by atoms with Crippen LogP contribution in [0, 0.1) is 6.92 Å². The number of hydroxylamine groups is 1. The summed E-state index contributed by atoms with van der Waals surface area (Å²) in [7, 11) is -3.85. The van der Waals surface area contributed by atoms with E-state index < -0.39 is 20.5 Å². The van der Waals surface area contributed by atoms with E-state index in [1.54, 1.807) is 42.7 Å². The topological polar surface area (TPSA) is 140 Å². The SMILES string of the molecule is Cc1cnc(Oc2ccc(-c3ccn(CC[C@](C)(C(=O)NO)S(C)(=O)=O)c(=O)c3)cc2)nc1. The first-order valence-electron chi connectivity index (χ1n) is 9.95. The molecule has 2 N–H and O–H groups in total. The largest absolute Gasteiger partial charge is 0.424 e. The zero-order valence-electron chi connectivity index (χ0n) is 18.3. The highest BCUT2D eigenvalue weighted by atomic mass is 32.2. The van der Waals surface area contributed by atoms with Gasteiger partial charge in [-0.2, -0.15) is 0 Å². The van der Waals surface area contributed by atoms with Crippen molar-refractivity contribution in [3.05, 3.63) is 70.9 Å². The average Bonchev–Trinajstić information content (AvgIpc) is 2.78. The first-order chi connectivity index (χ1) is 15.5. The highest BCUT2D eigenvalue weighted by Gasteiger charge is 2.43. The summed E-state index contributed by atoms with van der Waals surface area (Å²) in [5.41, 5.74) is 3.39. The smallest absolute Gasteiger partial charge is 0.321 e. The zero-order chi connectivity index (χ0) is 24.2. The fourth-order valence-corrected chi connectivity index (χ4v) is 3.89. The van der Waals surface area contributed by atoms with Gasteiger partial charge in [0.1, 0.15) is 5.75 Å². The second-order valence-corrected chi connectivity index (χ2v) is 10.3. The molecule has 0 spiro atoms. The Morgan fingerprint density at radius 1 is 1.15 bits per heavy atom. The van der Waals surface area contributed by atoms with E-state index in [9.17, 15) is 18.0 Å². The van der Waals surface area contributed by atoms with Gasteiger partial charge in [0.25, 0.3) is 11.5 Å². The lowest BCUT2D eigenvalue weighted by atomic mass is 10.1. The van der Waals surface area contributed by atoms with E-state index in [1.165, 1.54) is 29.2 Å². The van der Waals surface area contributed by atoms with E-state index in [0.29, 0.717) is 11.3 Å². The third-order valence-electron chi connectivity index (χ3n) is 5.38. The van der Waals surface area contributed by atoms with Crippen molar-refractivity contribution >= 4 is 15.7 Å². The molecule has 3 aromatic rings. The summed E-state index contributed by atoms with van der Waals surface area (Å²) in [4.78, 5) is 32.7. The molecular weight excluding hydrogens is 448 g/mol. The number of carbonyl (C=O) groups excluding carboxylic acids is 1. The van der Waals surface area contributed by atoms with Crippen LogP contribution in [0.4, 0.5) is 0 Å². The summed E-state index contributed by atoms with van der Waals surface area (Å²) < 4.78 is 29.2. The minimum absolute atomic E-state index is 0.0283. The molecule has 0 bridgehead atoms. The fraction of sp³-hybridized carbons (Fsp3) is 0.273. The molecule has 33 heavy (non-hydrogen) atoms. The summed E-state index contributed by atoms with van der Waals surface area (Å²) in [6.07, 6.45) is 5.56. The number of benzene rings is 1. The molecular formula is C22H24N4O6S. The molecule has 0 saturated carbocycles. The van der Waals surface area contributed by atoms with Crippen LogP contribution in [0.3, 0.4) is 0 Å². The van der Waals surface area contributed by atoms with Crippen LogP contribution in [0.15, 0.2) is 59.8 Å². The van der Waals surface area contributed by atoms with Gasteiger partial charge in [0.2, 0.25) is 0 Å². The van der Waals surface area contributed by atoms with Gasteiger partial charge in [0, 0.05) is 37.5 Å². The van der Waals surface area contributed by atoms with E-state index in [4.69, 9.17) is 9.94 Å². The Kier molecular flexibility index (Phi) is 6.94. The molecule has 11 heteroatoms. The molecule has 0 radical (unpaired) electrons. The molecule has 2 aromatic heterocycles. The van der Waals surface area contributed by atoms with Gasteiger partial charge in [0.05, 0.1) is 0 Å². The predicted octanol–water partition coefficient (Wildman–Crippen LogP) is 2.10. The van der Waals surface area contributed by atoms with Crippen LogP contribution in [0.5, 0.6) is 11.8 Å². The van der Waals surface area contributed by atoms with Gasteiger partial charge in [-0.15, -0.1) is 0 Å². The summed E-state index contributed by atoms with van der Waals surface area (Å²) in [5, 5.41) is 8.91. The molecule has 0 aliphatic heterocycles. The van der Waals surface area contributed by atoms with Crippen molar-refractivity contribution in [3.63, 3.8) is 0 Å². The van der Waals surface area contributed by atoms with Crippen molar-refractivity contribution in [3.8, 4) is 22.9 Å².